The molecule has 0 unspecified atom stereocenters. The van der Waals surface area contributed by atoms with Crippen LogP contribution in [0.5, 0.6) is 0 Å². The van der Waals surface area contributed by atoms with Crippen LogP contribution in [0.15, 0.2) is 29.2 Å². The molecule has 0 atom stereocenters. The lowest BCUT2D eigenvalue weighted by Crippen LogP contribution is -2.50. The van der Waals surface area contributed by atoms with Crippen LogP contribution in [0.1, 0.15) is 12.5 Å². The molecule has 0 radical (unpaired) electrons. The van der Waals surface area contributed by atoms with Gasteiger partial charge >= 0.3 is 0 Å². The van der Waals surface area contributed by atoms with Gasteiger partial charge in [0.15, 0.2) is 0 Å². The van der Waals surface area contributed by atoms with E-state index in [1.165, 1.54) is 12.1 Å². The topological polar surface area (TPSA) is 95.7 Å². The number of carbonyl (C=O) groups is 1. The summed E-state index contributed by atoms with van der Waals surface area (Å²) in [5, 5.41) is 8.22. The molecule has 1 aliphatic heterocycles. The van der Waals surface area contributed by atoms with Crippen molar-refractivity contribution in [2.45, 2.75) is 18.2 Å². The molecule has 1 aromatic rings. The Balaban J connectivity index is 1.68. The predicted octanol–water partition coefficient (Wildman–Crippen LogP) is -0.370. The molecule has 0 spiro atoms. The second kappa shape index (κ2) is 8.57. The van der Waals surface area contributed by atoms with E-state index in [-0.39, 0.29) is 10.8 Å². The largest absolute Gasteiger partial charge is 0.339 e. The lowest BCUT2D eigenvalue weighted by Gasteiger charge is -2.34. The molecule has 1 fully saturated rings. The van der Waals surface area contributed by atoms with Crippen LogP contribution < -0.4 is 10.5 Å². The minimum Gasteiger partial charge on any atom is -0.339 e. The summed E-state index contributed by atoms with van der Waals surface area (Å²) in [4.78, 5) is 16.5. The molecule has 0 saturated carbocycles. The van der Waals surface area contributed by atoms with Crippen molar-refractivity contribution in [1.29, 1.82) is 0 Å². The highest BCUT2D eigenvalue weighted by Crippen LogP contribution is 2.09. The first-order chi connectivity index (χ1) is 11.4. The van der Waals surface area contributed by atoms with Gasteiger partial charge in [0.1, 0.15) is 0 Å². The Morgan fingerprint density at radius 1 is 1.17 bits per heavy atom. The van der Waals surface area contributed by atoms with Gasteiger partial charge in [0.2, 0.25) is 15.9 Å². The van der Waals surface area contributed by atoms with E-state index in [4.69, 9.17) is 5.14 Å². The van der Waals surface area contributed by atoms with Crippen molar-refractivity contribution in [3.63, 3.8) is 0 Å². The van der Waals surface area contributed by atoms with E-state index in [1.54, 1.807) is 12.1 Å². The lowest BCUT2D eigenvalue weighted by atomic mass is 10.1. The number of carbonyl (C=O) groups excluding carboxylic acids is 1. The molecule has 1 amide bonds. The number of primary sulfonamides is 1. The fourth-order valence-electron chi connectivity index (χ4n) is 2.70. The van der Waals surface area contributed by atoms with Crippen LogP contribution in [0, 0.1) is 0 Å². The maximum absolute atomic E-state index is 12.1. The molecule has 0 aliphatic carbocycles. The summed E-state index contributed by atoms with van der Waals surface area (Å²) in [5.74, 6) is 0.135. The Hall–Kier alpha value is -1.48. The zero-order valence-corrected chi connectivity index (χ0v) is 14.9. The molecular weight excluding hydrogens is 328 g/mol. The third-order valence-electron chi connectivity index (χ3n) is 4.29. The summed E-state index contributed by atoms with van der Waals surface area (Å²) in [6, 6.07) is 6.49. The Labute approximate surface area is 143 Å². The van der Waals surface area contributed by atoms with Gasteiger partial charge in [-0.15, -0.1) is 0 Å². The van der Waals surface area contributed by atoms with Crippen molar-refractivity contribution in [3.05, 3.63) is 29.8 Å². The third-order valence-corrected chi connectivity index (χ3v) is 5.22. The van der Waals surface area contributed by atoms with Crippen molar-refractivity contribution in [2.75, 3.05) is 45.8 Å². The summed E-state index contributed by atoms with van der Waals surface area (Å²) in [6.45, 7) is 7.64. The van der Waals surface area contributed by atoms with Crippen LogP contribution in [0.2, 0.25) is 0 Å². The van der Waals surface area contributed by atoms with E-state index in [1.807, 2.05) is 4.90 Å². The van der Waals surface area contributed by atoms with E-state index in [9.17, 15) is 13.2 Å². The molecular formula is C16H26N4O3S. The molecule has 0 bridgehead atoms. The van der Waals surface area contributed by atoms with E-state index >= 15 is 0 Å². The number of hydrogen-bond acceptors (Lipinski definition) is 5. The number of nitrogens with one attached hydrogen (secondary N) is 1. The average molecular weight is 354 g/mol. The van der Waals surface area contributed by atoms with Gasteiger partial charge in [-0.2, -0.15) is 0 Å². The van der Waals surface area contributed by atoms with Crippen LogP contribution >= 0.6 is 0 Å². The summed E-state index contributed by atoms with van der Waals surface area (Å²) in [5.41, 5.74) is 0.999. The van der Waals surface area contributed by atoms with Gasteiger partial charge in [-0.1, -0.05) is 19.1 Å². The van der Waals surface area contributed by atoms with Gasteiger partial charge < -0.3 is 15.1 Å². The fraction of sp³-hybridized carbons (Fsp3) is 0.562. The minimum atomic E-state index is -3.64. The second-order valence-electron chi connectivity index (χ2n) is 5.93. The highest BCUT2D eigenvalue weighted by Gasteiger charge is 2.19. The Morgan fingerprint density at radius 3 is 2.33 bits per heavy atom. The Kier molecular flexibility index (Phi) is 6.73. The van der Waals surface area contributed by atoms with E-state index < -0.39 is 10.0 Å². The number of piperazine rings is 1. The first-order valence-electron chi connectivity index (χ1n) is 8.22. The molecule has 1 aliphatic rings. The van der Waals surface area contributed by atoms with Gasteiger partial charge in [-0.25, -0.2) is 13.6 Å². The molecule has 1 saturated heterocycles. The lowest BCUT2D eigenvalue weighted by molar-refractivity contribution is -0.131. The number of benzene rings is 1. The first-order valence-corrected chi connectivity index (χ1v) is 9.77. The van der Waals surface area contributed by atoms with E-state index in [0.717, 1.165) is 44.7 Å². The second-order valence-corrected chi connectivity index (χ2v) is 7.49. The number of nitrogens with zero attached hydrogens (tertiary/aromatic N) is 2. The molecule has 0 aromatic heterocycles. The normalized spacial score (nSPS) is 16.3. The molecule has 1 aromatic carbocycles. The number of amides is 1. The summed E-state index contributed by atoms with van der Waals surface area (Å²) in [7, 11) is -3.64. The van der Waals surface area contributed by atoms with Crippen molar-refractivity contribution in [3.8, 4) is 0 Å². The molecule has 134 valence electrons. The Bertz CT molecular complexity index is 638. The molecule has 2 rings (SSSR count). The smallest absolute Gasteiger partial charge is 0.238 e. The molecule has 3 N–H and O–H groups in total. The zero-order valence-electron chi connectivity index (χ0n) is 14.1. The number of nitrogens with two attached hydrogens (primary N) is 1. The fourth-order valence-corrected chi connectivity index (χ4v) is 3.21. The third kappa shape index (κ3) is 5.55. The first kappa shape index (κ1) is 18.9. The summed E-state index contributed by atoms with van der Waals surface area (Å²) >= 11 is 0. The standard InChI is InChI=1S/C16H26N4O3S/c1-2-19-9-11-20(12-10-19)16(21)13-18-8-7-14-3-5-15(6-4-14)24(17,22)23/h3-6,18H,2,7-13H2,1H3,(H2,17,22,23). The minimum absolute atomic E-state index is 0.112. The van der Waals surface area contributed by atoms with Crippen LogP contribution in [-0.2, 0) is 21.2 Å². The summed E-state index contributed by atoms with van der Waals surface area (Å²) in [6.07, 6.45) is 0.724. The van der Waals surface area contributed by atoms with Crippen molar-refractivity contribution in [2.24, 2.45) is 5.14 Å². The van der Waals surface area contributed by atoms with Gasteiger partial charge in [0, 0.05) is 26.2 Å². The van der Waals surface area contributed by atoms with Gasteiger partial charge in [-0.3, -0.25) is 4.79 Å². The monoisotopic (exact) mass is 354 g/mol. The van der Waals surface area contributed by atoms with Gasteiger partial charge in [0.05, 0.1) is 11.4 Å². The Morgan fingerprint density at radius 2 is 1.79 bits per heavy atom. The number of rotatable bonds is 7. The van der Waals surface area contributed by atoms with Crippen molar-refractivity contribution < 1.29 is 13.2 Å². The molecule has 24 heavy (non-hydrogen) atoms. The van der Waals surface area contributed by atoms with Gasteiger partial charge in [-0.05, 0) is 37.2 Å². The van der Waals surface area contributed by atoms with Crippen LogP contribution in [0.4, 0.5) is 0 Å². The number of likely N-dealkylation sites (N-methyl/N-ethyl adjacent to an activating group) is 1. The van der Waals surface area contributed by atoms with Crippen LogP contribution in [0.25, 0.3) is 0 Å². The molecule has 7 nitrogen and oxygen atoms in total. The van der Waals surface area contributed by atoms with Crippen molar-refractivity contribution in [1.82, 2.24) is 15.1 Å². The SMILES string of the molecule is CCN1CCN(C(=O)CNCCc2ccc(S(N)(=O)=O)cc2)CC1. The maximum Gasteiger partial charge on any atom is 0.238 e. The highest BCUT2D eigenvalue weighted by atomic mass is 32.2. The van der Waals surface area contributed by atoms with E-state index in [2.05, 4.69) is 17.1 Å². The number of hydrogen-bond donors (Lipinski definition) is 2. The maximum atomic E-state index is 12.1. The quantitative estimate of drug-likeness (QED) is 0.652. The number of sulfonamides is 1. The average Bonchev–Trinajstić information content (AvgIpc) is 2.58. The zero-order chi connectivity index (χ0) is 17.6. The predicted molar refractivity (Wildman–Crippen MR) is 93.1 cm³/mol. The summed E-state index contributed by atoms with van der Waals surface area (Å²) < 4.78 is 22.4. The molecule has 8 heteroatoms. The van der Waals surface area contributed by atoms with Crippen LogP contribution in [-0.4, -0.2) is 69.9 Å². The van der Waals surface area contributed by atoms with Gasteiger partial charge in [0.25, 0.3) is 0 Å². The van der Waals surface area contributed by atoms with Crippen molar-refractivity contribution >= 4 is 15.9 Å². The highest BCUT2D eigenvalue weighted by molar-refractivity contribution is 7.89. The van der Waals surface area contributed by atoms with Crippen LogP contribution in [0.3, 0.4) is 0 Å². The molecule has 1 heterocycles. The van der Waals surface area contributed by atoms with E-state index in [0.29, 0.717) is 13.1 Å².